The van der Waals surface area contributed by atoms with Gasteiger partial charge in [-0.3, -0.25) is 0 Å². The topological polar surface area (TPSA) is 97.4 Å². The molecule has 200 valence electrons. The van der Waals surface area contributed by atoms with E-state index in [1.165, 1.54) is 0 Å². The number of unbranched alkanes of at least 4 members (excludes halogenated alkanes) is 1. The van der Waals surface area contributed by atoms with Crippen molar-refractivity contribution in [2.45, 2.75) is 112 Å². The molecule has 0 aromatic heterocycles. The van der Waals surface area contributed by atoms with Crippen molar-refractivity contribution in [3.05, 3.63) is 0 Å². The molecule has 34 heavy (non-hydrogen) atoms. The number of rotatable bonds is 11. The summed E-state index contributed by atoms with van der Waals surface area (Å²) in [7, 11) is 0. The van der Waals surface area contributed by atoms with Gasteiger partial charge in [0.25, 0.3) is 0 Å². The molecule has 0 unspecified atom stereocenters. The Kier molecular flexibility index (Phi) is 13.3. The molecule has 0 bridgehead atoms. The van der Waals surface area contributed by atoms with Crippen LogP contribution in [0.15, 0.2) is 0 Å². The molecule has 0 aliphatic carbocycles. The number of hydrogen-bond donors (Lipinski definition) is 1. The zero-order chi connectivity index (χ0) is 26.6. The second-order valence-corrected chi connectivity index (χ2v) is 11.4. The molecule has 9 heteroatoms. The van der Waals surface area contributed by atoms with Gasteiger partial charge < -0.3 is 29.3 Å². The lowest BCUT2D eigenvalue weighted by molar-refractivity contribution is 0.0208. The Morgan fingerprint density at radius 2 is 1.00 bits per heavy atom. The monoisotopic (exact) mass is 487 g/mol. The molecule has 1 N–H and O–H groups in total. The van der Waals surface area contributed by atoms with E-state index in [1.54, 1.807) is 30.6 Å². The highest BCUT2D eigenvalue weighted by molar-refractivity contribution is 5.69. The van der Waals surface area contributed by atoms with Gasteiger partial charge in [0.05, 0.1) is 0 Å². The van der Waals surface area contributed by atoms with Crippen molar-refractivity contribution in [2.75, 3.05) is 32.7 Å². The third kappa shape index (κ3) is 17.3. The van der Waals surface area contributed by atoms with Gasteiger partial charge >= 0.3 is 18.3 Å². The first-order valence-corrected chi connectivity index (χ1v) is 12.4. The van der Waals surface area contributed by atoms with Gasteiger partial charge in [0, 0.05) is 32.7 Å². The second-order valence-electron chi connectivity index (χ2n) is 11.4. The van der Waals surface area contributed by atoms with Crippen molar-refractivity contribution >= 4 is 18.3 Å². The van der Waals surface area contributed by atoms with Crippen LogP contribution in [0.3, 0.4) is 0 Å². The number of amides is 3. The first-order valence-electron chi connectivity index (χ1n) is 12.4. The lowest BCUT2D eigenvalue weighted by Crippen LogP contribution is -2.40. The van der Waals surface area contributed by atoms with E-state index in [0.29, 0.717) is 45.6 Å². The van der Waals surface area contributed by atoms with E-state index in [0.717, 1.165) is 12.8 Å². The fraction of sp³-hybridized carbons (Fsp3) is 0.880. The average molecular weight is 488 g/mol. The quantitative estimate of drug-likeness (QED) is 0.302. The number of ether oxygens (including phenoxy) is 3. The van der Waals surface area contributed by atoms with Crippen molar-refractivity contribution in [1.82, 2.24) is 15.1 Å². The molecule has 0 aliphatic rings. The summed E-state index contributed by atoms with van der Waals surface area (Å²) in [5.41, 5.74) is -1.69. The molecule has 0 rings (SSSR count). The predicted octanol–water partition coefficient (Wildman–Crippen LogP) is 5.57. The number of nitrogens with one attached hydrogen (secondary N) is 1. The van der Waals surface area contributed by atoms with Crippen LogP contribution < -0.4 is 5.32 Å². The van der Waals surface area contributed by atoms with Crippen molar-refractivity contribution in [3.8, 4) is 0 Å². The molecule has 0 aromatic rings. The maximum absolute atomic E-state index is 12.7. The lowest BCUT2D eigenvalue weighted by atomic mass is 10.2. The van der Waals surface area contributed by atoms with Crippen molar-refractivity contribution in [2.24, 2.45) is 0 Å². The summed E-state index contributed by atoms with van der Waals surface area (Å²) in [6.07, 6.45) is 1.67. The standard InChI is InChI=1S/C25H49N3O6/c1-11-16-27(21(30)33-24(5,6)7)17-12-13-18-28(22(31)34-25(8,9)10)19-14-15-26-20(29)32-23(2,3)4/h11-19H2,1-10H3,(H,26,29). The maximum Gasteiger partial charge on any atom is 0.410 e. The van der Waals surface area contributed by atoms with Gasteiger partial charge in [-0.15, -0.1) is 0 Å². The Balaban J connectivity index is 4.76. The van der Waals surface area contributed by atoms with E-state index in [1.807, 2.05) is 48.5 Å². The zero-order valence-corrected chi connectivity index (χ0v) is 23.2. The van der Waals surface area contributed by atoms with Crippen molar-refractivity contribution < 1.29 is 28.6 Å². The van der Waals surface area contributed by atoms with Gasteiger partial charge in [0.2, 0.25) is 0 Å². The summed E-state index contributed by atoms with van der Waals surface area (Å²) < 4.78 is 16.3. The van der Waals surface area contributed by atoms with Crippen LogP contribution in [0, 0.1) is 0 Å². The van der Waals surface area contributed by atoms with E-state index >= 15 is 0 Å². The highest BCUT2D eigenvalue weighted by Crippen LogP contribution is 2.13. The van der Waals surface area contributed by atoms with Gasteiger partial charge in [-0.2, -0.15) is 0 Å². The second kappa shape index (κ2) is 14.3. The van der Waals surface area contributed by atoms with E-state index in [4.69, 9.17) is 14.2 Å². The van der Waals surface area contributed by atoms with Gasteiger partial charge in [0.1, 0.15) is 16.8 Å². The number of carbonyl (C=O) groups excluding carboxylic acids is 3. The molecular weight excluding hydrogens is 438 g/mol. The summed E-state index contributed by atoms with van der Waals surface area (Å²) in [5.74, 6) is 0. The fourth-order valence-corrected chi connectivity index (χ4v) is 2.89. The Labute approximate surface area is 206 Å². The smallest absolute Gasteiger partial charge is 0.410 e. The van der Waals surface area contributed by atoms with Crippen LogP contribution in [0.5, 0.6) is 0 Å². The molecule has 9 nitrogen and oxygen atoms in total. The normalized spacial score (nSPS) is 12.1. The van der Waals surface area contributed by atoms with Gasteiger partial charge in [-0.1, -0.05) is 6.92 Å². The number of alkyl carbamates (subject to hydrolysis) is 1. The van der Waals surface area contributed by atoms with E-state index in [2.05, 4.69) is 5.32 Å². The minimum Gasteiger partial charge on any atom is -0.444 e. The summed E-state index contributed by atoms with van der Waals surface area (Å²) >= 11 is 0. The minimum absolute atomic E-state index is 0.313. The maximum atomic E-state index is 12.7. The Morgan fingerprint density at radius 1 is 0.618 bits per heavy atom. The highest BCUT2D eigenvalue weighted by atomic mass is 16.6. The molecule has 0 aromatic carbocycles. The average Bonchev–Trinajstić information content (AvgIpc) is 2.61. The van der Waals surface area contributed by atoms with E-state index in [-0.39, 0.29) is 12.2 Å². The molecule has 0 saturated heterocycles. The molecule has 0 aliphatic heterocycles. The zero-order valence-electron chi connectivity index (χ0n) is 23.2. The van der Waals surface area contributed by atoms with Crippen LogP contribution in [0.1, 0.15) is 94.9 Å². The molecule has 0 atom stereocenters. The van der Waals surface area contributed by atoms with Crippen LogP contribution in [-0.2, 0) is 14.2 Å². The number of carbonyl (C=O) groups is 3. The first-order chi connectivity index (χ1) is 15.4. The third-order valence-corrected chi connectivity index (χ3v) is 4.18. The number of nitrogens with zero attached hydrogens (tertiary/aromatic N) is 2. The first kappa shape index (κ1) is 31.8. The summed E-state index contributed by atoms with van der Waals surface area (Å²) in [6, 6.07) is 0. The van der Waals surface area contributed by atoms with Crippen LogP contribution in [0.2, 0.25) is 0 Å². The van der Waals surface area contributed by atoms with Crippen molar-refractivity contribution in [3.63, 3.8) is 0 Å². The molecule has 0 fully saturated rings. The minimum atomic E-state index is -0.598. The largest absolute Gasteiger partial charge is 0.444 e. The van der Waals surface area contributed by atoms with Crippen molar-refractivity contribution in [1.29, 1.82) is 0 Å². The fourth-order valence-electron chi connectivity index (χ4n) is 2.89. The Hall–Kier alpha value is -2.19. The third-order valence-electron chi connectivity index (χ3n) is 4.18. The van der Waals surface area contributed by atoms with Crippen LogP contribution in [0.25, 0.3) is 0 Å². The summed E-state index contributed by atoms with van der Waals surface area (Å²) in [5, 5.41) is 2.71. The Morgan fingerprint density at radius 3 is 1.38 bits per heavy atom. The van der Waals surface area contributed by atoms with Gasteiger partial charge in [-0.25, -0.2) is 14.4 Å². The Bertz CT molecular complexity index is 632. The molecule has 0 radical (unpaired) electrons. The van der Waals surface area contributed by atoms with E-state index < -0.39 is 22.9 Å². The van der Waals surface area contributed by atoms with E-state index in [9.17, 15) is 14.4 Å². The molecule has 0 heterocycles. The van der Waals surface area contributed by atoms with Crippen LogP contribution >= 0.6 is 0 Å². The molecule has 0 saturated carbocycles. The predicted molar refractivity (Wildman–Crippen MR) is 134 cm³/mol. The number of hydrogen-bond acceptors (Lipinski definition) is 6. The summed E-state index contributed by atoms with van der Waals surface area (Å²) in [4.78, 5) is 40.3. The highest BCUT2D eigenvalue weighted by Gasteiger charge is 2.23. The van der Waals surface area contributed by atoms with Gasteiger partial charge in [-0.05, 0) is 88.0 Å². The van der Waals surface area contributed by atoms with Gasteiger partial charge in [0.15, 0.2) is 0 Å². The van der Waals surface area contributed by atoms with Crippen LogP contribution in [0.4, 0.5) is 14.4 Å². The van der Waals surface area contributed by atoms with Crippen LogP contribution in [-0.4, -0.2) is 77.6 Å². The summed E-state index contributed by atoms with van der Waals surface area (Å²) in [6.45, 7) is 21.0. The SMILES string of the molecule is CCCN(CCCCN(CCCNC(=O)OC(C)(C)C)C(=O)OC(C)(C)C)C(=O)OC(C)(C)C. The lowest BCUT2D eigenvalue weighted by Gasteiger charge is -2.29. The molecule has 3 amide bonds. The molecule has 0 spiro atoms. The molecular formula is C25H49N3O6.